The lowest BCUT2D eigenvalue weighted by Crippen LogP contribution is -2.53. The zero-order chi connectivity index (χ0) is 15.5. The van der Waals surface area contributed by atoms with E-state index >= 15 is 0 Å². The van der Waals surface area contributed by atoms with Crippen molar-refractivity contribution >= 4 is 0 Å². The van der Waals surface area contributed by atoms with Crippen LogP contribution in [0.25, 0.3) is 0 Å². The number of hydrogen-bond donors (Lipinski definition) is 1. The second-order valence-corrected chi connectivity index (χ2v) is 7.45. The molecule has 0 aromatic heterocycles. The van der Waals surface area contributed by atoms with Crippen LogP contribution in [0.5, 0.6) is 0 Å². The third kappa shape index (κ3) is 3.87. The van der Waals surface area contributed by atoms with Gasteiger partial charge in [-0.2, -0.15) is 0 Å². The van der Waals surface area contributed by atoms with E-state index in [-0.39, 0.29) is 5.41 Å². The SMILES string of the molecule is CNCC(C)(CN1CC(C)CC(C)C1C)c1ccccc1. The maximum Gasteiger partial charge on any atom is 0.0177 e. The van der Waals surface area contributed by atoms with E-state index in [2.05, 4.69) is 75.3 Å². The summed E-state index contributed by atoms with van der Waals surface area (Å²) in [6, 6.07) is 11.7. The van der Waals surface area contributed by atoms with Gasteiger partial charge in [0, 0.05) is 31.1 Å². The molecule has 1 aliphatic rings. The summed E-state index contributed by atoms with van der Waals surface area (Å²) in [7, 11) is 2.06. The molecule has 118 valence electrons. The first kappa shape index (κ1) is 16.5. The summed E-state index contributed by atoms with van der Waals surface area (Å²) in [5.41, 5.74) is 1.61. The van der Waals surface area contributed by atoms with Crippen LogP contribution in [-0.4, -0.2) is 37.6 Å². The summed E-state index contributed by atoms with van der Waals surface area (Å²) in [5.74, 6) is 1.61. The highest BCUT2D eigenvalue weighted by atomic mass is 15.2. The number of hydrogen-bond acceptors (Lipinski definition) is 2. The molecule has 1 N–H and O–H groups in total. The van der Waals surface area contributed by atoms with Crippen LogP contribution < -0.4 is 5.32 Å². The zero-order valence-corrected chi connectivity index (χ0v) is 14.4. The van der Waals surface area contributed by atoms with Gasteiger partial charge in [0.2, 0.25) is 0 Å². The summed E-state index contributed by atoms with van der Waals surface area (Å²) in [4.78, 5) is 2.71. The molecule has 0 spiro atoms. The molecule has 2 nitrogen and oxygen atoms in total. The predicted octanol–water partition coefficient (Wildman–Crippen LogP) is 3.53. The molecule has 2 rings (SSSR count). The van der Waals surface area contributed by atoms with Gasteiger partial charge < -0.3 is 5.32 Å². The summed E-state index contributed by atoms with van der Waals surface area (Å²) >= 11 is 0. The van der Waals surface area contributed by atoms with E-state index in [1.54, 1.807) is 0 Å². The summed E-state index contributed by atoms with van der Waals surface area (Å²) in [6.45, 7) is 13.0. The van der Waals surface area contributed by atoms with Crippen LogP contribution in [0.3, 0.4) is 0 Å². The van der Waals surface area contributed by atoms with E-state index in [1.165, 1.54) is 18.5 Å². The highest BCUT2D eigenvalue weighted by Gasteiger charge is 2.35. The van der Waals surface area contributed by atoms with Gasteiger partial charge in [-0.3, -0.25) is 4.90 Å². The minimum atomic E-state index is 0.168. The van der Waals surface area contributed by atoms with Crippen LogP contribution >= 0.6 is 0 Å². The van der Waals surface area contributed by atoms with Gasteiger partial charge in [-0.05, 0) is 37.8 Å². The van der Waals surface area contributed by atoms with Gasteiger partial charge in [0.15, 0.2) is 0 Å². The summed E-state index contributed by atoms with van der Waals surface area (Å²) in [6.07, 6.45) is 1.37. The molecule has 2 heteroatoms. The van der Waals surface area contributed by atoms with Crippen molar-refractivity contribution in [1.29, 1.82) is 0 Å². The highest BCUT2D eigenvalue weighted by Crippen LogP contribution is 2.31. The fraction of sp³-hybridized carbons (Fsp3) is 0.684. The second kappa shape index (κ2) is 6.93. The molecule has 0 amide bonds. The van der Waals surface area contributed by atoms with Crippen LogP contribution in [-0.2, 0) is 5.41 Å². The van der Waals surface area contributed by atoms with Gasteiger partial charge in [-0.15, -0.1) is 0 Å². The molecule has 1 heterocycles. The van der Waals surface area contributed by atoms with Crippen LogP contribution in [0.4, 0.5) is 0 Å². The second-order valence-electron chi connectivity index (χ2n) is 7.45. The van der Waals surface area contributed by atoms with Crippen molar-refractivity contribution in [2.45, 2.75) is 45.6 Å². The highest BCUT2D eigenvalue weighted by molar-refractivity contribution is 5.25. The smallest absolute Gasteiger partial charge is 0.0177 e. The molecule has 1 saturated heterocycles. The van der Waals surface area contributed by atoms with Gasteiger partial charge >= 0.3 is 0 Å². The zero-order valence-electron chi connectivity index (χ0n) is 14.4. The van der Waals surface area contributed by atoms with E-state index in [0.717, 1.165) is 24.9 Å². The molecule has 1 fully saturated rings. The fourth-order valence-electron chi connectivity index (χ4n) is 3.97. The topological polar surface area (TPSA) is 15.3 Å². The van der Waals surface area contributed by atoms with Crippen LogP contribution in [0.1, 0.15) is 39.7 Å². The van der Waals surface area contributed by atoms with Gasteiger partial charge in [-0.25, -0.2) is 0 Å². The van der Waals surface area contributed by atoms with E-state index in [1.807, 2.05) is 0 Å². The van der Waals surface area contributed by atoms with Crippen LogP contribution in [0.2, 0.25) is 0 Å². The molecule has 4 atom stereocenters. The Morgan fingerprint density at radius 1 is 1.19 bits per heavy atom. The maximum atomic E-state index is 3.41. The minimum Gasteiger partial charge on any atom is -0.319 e. The van der Waals surface area contributed by atoms with Gasteiger partial charge in [0.1, 0.15) is 0 Å². The van der Waals surface area contributed by atoms with E-state index in [9.17, 15) is 0 Å². The van der Waals surface area contributed by atoms with Crippen LogP contribution in [0, 0.1) is 11.8 Å². The molecular formula is C19H32N2. The van der Waals surface area contributed by atoms with Crippen molar-refractivity contribution in [2.24, 2.45) is 11.8 Å². The minimum absolute atomic E-state index is 0.168. The average Bonchev–Trinajstić information content (AvgIpc) is 2.45. The van der Waals surface area contributed by atoms with Crippen molar-refractivity contribution in [2.75, 3.05) is 26.7 Å². The Labute approximate surface area is 130 Å². The molecule has 1 aromatic rings. The molecular weight excluding hydrogens is 256 g/mol. The molecule has 0 aliphatic carbocycles. The Hall–Kier alpha value is -0.860. The standard InChI is InChI=1S/C19H32N2/c1-15-11-16(2)17(3)21(12-15)14-19(4,13-20-5)18-9-7-6-8-10-18/h6-10,15-17,20H,11-14H2,1-5H3. The number of benzene rings is 1. The Bertz CT molecular complexity index is 430. The first-order valence-electron chi connectivity index (χ1n) is 8.40. The first-order chi connectivity index (χ1) is 9.96. The Kier molecular flexibility index (Phi) is 5.45. The van der Waals surface area contributed by atoms with Crippen LogP contribution in [0.15, 0.2) is 30.3 Å². The number of piperidine rings is 1. The quantitative estimate of drug-likeness (QED) is 0.891. The van der Waals surface area contributed by atoms with E-state index < -0.39 is 0 Å². The number of rotatable bonds is 5. The van der Waals surface area contributed by atoms with E-state index in [0.29, 0.717) is 6.04 Å². The Morgan fingerprint density at radius 3 is 2.48 bits per heavy atom. The molecule has 1 aromatic carbocycles. The predicted molar refractivity (Wildman–Crippen MR) is 91.7 cm³/mol. The summed E-state index contributed by atoms with van der Waals surface area (Å²) < 4.78 is 0. The molecule has 0 saturated carbocycles. The van der Waals surface area contributed by atoms with Crippen molar-refractivity contribution < 1.29 is 0 Å². The van der Waals surface area contributed by atoms with Crippen molar-refractivity contribution in [3.63, 3.8) is 0 Å². The average molecular weight is 288 g/mol. The van der Waals surface area contributed by atoms with Gasteiger partial charge in [-0.1, -0.05) is 51.1 Å². The largest absolute Gasteiger partial charge is 0.319 e. The number of likely N-dealkylation sites (N-methyl/N-ethyl adjacent to an activating group) is 1. The number of nitrogens with one attached hydrogen (secondary N) is 1. The fourth-order valence-corrected chi connectivity index (χ4v) is 3.97. The molecule has 1 aliphatic heterocycles. The van der Waals surface area contributed by atoms with Gasteiger partial charge in [0.05, 0.1) is 0 Å². The Balaban J connectivity index is 2.19. The van der Waals surface area contributed by atoms with Gasteiger partial charge in [0.25, 0.3) is 0 Å². The lowest BCUT2D eigenvalue weighted by Gasteiger charge is -2.45. The molecule has 0 radical (unpaired) electrons. The number of nitrogens with zero attached hydrogens (tertiary/aromatic N) is 1. The molecule has 21 heavy (non-hydrogen) atoms. The summed E-state index contributed by atoms with van der Waals surface area (Å²) in [5, 5.41) is 3.41. The third-order valence-corrected chi connectivity index (χ3v) is 5.31. The monoisotopic (exact) mass is 288 g/mol. The normalized spacial score (nSPS) is 30.0. The van der Waals surface area contributed by atoms with Crippen molar-refractivity contribution in [1.82, 2.24) is 10.2 Å². The first-order valence-corrected chi connectivity index (χ1v) is 8.40. The van der Waals surface area contributed by atoms with Crippen molar-refractivity contribution in [3.8, 4) is 0 Å². The third-order valence-electron chi connectivity index (χ3n) is 5.31. The molecule has 0 bridgehead atoms. The number of likely N-dealkylation sites (tertiary alicyclic amines) is 1. The van der Waals surface area contributed by atoms with E-state index in [4.69, 9.17) is 0 Å². The molecule has 4 unspecified atom stereocenters. The lowest BCUT2D eigenvalue weighted by molar-refractivity contribution is 0.0596. The van der Waals surface area contributed by atoms with Crippen molar-refractivity contribution in [3.05, 3.63) is 35.9 Å². The lowest BCUT2D eigenvalue weighted by atomic mass is 9.79. The maximum absolute atomic E-state index is 3.41. The Morgan fingerprint density at radius 2 is 1.86 bits per heavy atom.